The Hall–Kier alpha value is -2.11. The molecule has 0 saturated carbocycles. The van der Waals surface area contributed by atoms with E-state index in [2.05, 4.69) is 5.32 Å². The average Bonchev–Trinajstić information content (AvgIpc) is 2.28. The maximum absolute atomic E-state index is 12.7. The number of benzene rings is 1. The molecule has 0 atom stereocenters. The quantitative estimate of drug-likeness (QED) is 0.828. The molecule has 0 radical (unpaired) electrons. The Kier molecular flexibility index (Phi) is 4.25. The van der Waals surface area contributed by atoms with Gasteiger partial charge >= 0.3 is 5.97 Å². The van der Waals surface area contributed by atoms with Crippen LogP contribution in [0.15, 0.2) is 24.3 Å². The van der Waals surface area contributed by atoms with E-state index in [1.165, 1.54) is 38.1 Å². The number of carboxylic acids is 1. The van der Waals surface area contributed by atoms with Crippen molar-refractivity contribution in [1.82, 2.24) is 5.32 Å². The summed E-state index contributed by atoms with van der Waals surface area (Å²) in [4.78, 5) is 22.0. The van der Waals surface area contributed by atoms with E-state index in [1.807, 2.05) is 0 Å². The number of carbonyl (C=O) groups is 2. The highest BCUT2D eigenvalue weighted by atomic mass is 19.1. The van der Waals surface area contributed by atoms with Crippen molar-refractivity contribution in [2.45, 2.75) is 19.4 Å². The number of ether oxygens (including phenoxy) is 1. The van der Waals surface area contributed by atoms with Gasteiger partial charge in [-0.25, -0.2) is 4.39 Å². The summed E-state index contributed by atoms with van der Waals surface area (Å²) in [6, 6.07) is 5.20. The molecule has 1 amide bonds. The number of hydrogen-bond donors (Lipinski definition) is 2. The van der Waals surface area contributed by atoms with Gasteiger partial charge in [0, 0.05) is 0 Å². The Morgan fingerprint density at radius 3 is 2.39 bits per heavy atom. The number of halogens is 1. The molecule has 1 aromatic rings. The maximum atomic E-state index is 12.7. The fourth-order valence-electron chi connectivity index (χ4n) is 1.21. The lowest BCUT2D eigenvalue weighted by Crippen LogP contribution is -2.47. The molecule has 0 aliphatic carbocycles. The second-order valence-electron chi connectivity index (χ2n) is 4.14. The van der Waals surface area contributed by atoms with Gasteiger partial charge in [0.2, 0.25) is 0 Å². The van der Waals surface area contributed by atoms with Crippen molar-refractivity contribution in [2.24, 2.45) is 0 Å². The predicted molar refractivity (Wildman–Crippen MR) is 61.8 cm³/mol. The van der Waals surface area contributed by atoms with Gasteiger partial charge in [0.15, 0.2) is 5.60 Å². The van der Waals surface area contributed by atoms with Gasteiger partial charge < -0.3 is 15.2 Å². The van der Waals surface area contributed by atoms with Crippen molar-refractivity contribution in [3.63, 3.8) is 0 Å². The van der Waals surface area contributed by atoms with E-state index >= 15 is 0 Å². The Bertz CT molecular complexity index is 442. The Balaban J connectivity index is 2.65. The molecule has 1 aromatic carbocycles. The van der Waals surface area contributed by atoms with Crippen LogP contribution in [-0.4, -0.2) is 29.1 Å². The molecular weight excluding hydrogens is 241 g/mol. The van der Waals surface area contributed by atoms with Gasteiger partial charge in [0.25, 0.3) is 5.91 Å². The molecule has 0 bridgehead atoms. The van der Waals surface area contributed by atoms with E-state index in [9.17, 15) is 14.0 Å². The molecule has 0 aliphatic heterocycles. The summed E-state index contributed by atoms with van der Waals surface area (Å²) in [7, 11) is 0. The van der Waals surface area contributed by atoms with Crippen LogP contribution in [0.5, 0.6) is 5.75 Å². The Labute approximate surface area is 104 Å². The standard InChI is InChI=1S/C12H14FNO4/c1-12(2,11(17)14-7-10(15)16)18-9-5-3-8(13)4-6-9/h3-6H,7H2,1-2H3,(H,14,17)(H,15,16). The Morgan fingerprint density at radius 1 is 1.33 bits per heavy atom. The normalized spacial score (nSPS) is 10.8. The third-order valence-electron chi connectivity index (χ3n) is 2.13. The molecule has 0 saturated heterocycles. The van der Waals surface area contributed by atoms with Gasteiger partial charge in [0.1, 0.15) is 18.1 Å². The summed E-state index contributed by atoms with van der Waals surface area (Å²) in [6.45, 7) is 2.51. The monoisotopic (exact) mass is 255 g/mol. The van der Waals surface area contributed by atoms with Gasteiger partial charge in [0.05, 0.1) is 0 Å². The molecule has 0 unspecified atom stereocenters. The minimum Gasteiger partial charge on any atom is -0.480 e. The van der Waals surface area contributed by atoms with Crippen molar-refractivity contribution >= 4 is 11.9 Å². The van der Waals surface area contributed by atoms with E-state index in [4.69, 9.17) is 9.84 Å². The van der Waals surface area contributed by atoms with Crippen LogP contribution < -0.4 is 10.1 Å². The lowest BCUT2D eigenvalue weighted by Gasteiger charge is -2.24. The second kappa shape index (κ2) is 5.48. The first kappa shape index (κ1) is 14.0. The predicted octanol–water partition coefficient (Wildman–Crippen LogP) is 1.18. The fraction of sp³-hybridized carbons (Fsp3) is 0.333. The first-order valence-electron chi connectivity index (χ1n) is 5.26. The van der Waals surface area contributed by atoms with Crippen molar-refractivity contribution in [3.8, 4) is 5.75 Å². The first-order chi connectivity index (χ1) is 8.31. The lowest BCUT2D eigenvalue weighted by atomic mass is 10.1. The molecule has 0 spiro atoms. The van der Waals surface area contributed by atoms with Gasteiger partial charge in [-0.15, -0.1) is 0 Å². The number of aliphatic carboxylic acids is 1. The van der Waals surface area contributed by atoms with Gasteiger partial charge in [-0.1, -0.05) is 0 Å². The summed E-state index contributed by atoms with van der Waals surface area (Å²) >= 11 is 0. The first-order valence-corrected chi connectivity index (χ1v) is 5.26. The third kappa shape index (κ3) is 4.04. The second-order valence-corrected chi connectivity index (χ2v) is 4.14. The van der Waals surface area contributed by atoms with Crippen LogP contribution >= 0.6 is 0 Å². The average molecular weight is 255 g/mol. The van der Waals surface area contributed by atoms with Crippen LogP contribution in [0, 0.1) is 5.82 Å². The van der Waals surface area contributed by atoms with E-state index < -0.39 is 29.8 Å². The highest BCUT2D eigenvalue weighted by Gasteiger charge is 2.30. The molecule has 0 aromatic heterocycles. The molecule has 0 fully saturated rings. The van der Waals surface area contributed by atoms with Crippen molar-refractivity contribution in [3.05, 3.63) is 30.1 Å². The molecule has 98 valence electrons. The van der Waals surface area contributed by atoms with Crippen LogP contribution in [0.25, 0.3) is 0 Å². The topological polar surface area (TPSA) is 75.6 Å². The number of nitrogens with one attached hydrogen (secondary N) is 1. The van der Waals surface area contributed by atoms with Crippen molar-refractivity contribution in [1.29, 1.82) is 0 Å². The number of rotatable bonds is 5. The van der Waals surface area contributed by atoms with Crippen LogP contribution in [0.2, 0.25) is 0 Å². The zero-order chi connectivity index (χ0) is 13.8. The SMILES string of the molecule is CC(C)(Oc1ccc(F)cc1)C(=O)NCC(=O)O. The van der Waals surface area contributed by atoms with Crippen LogP contribution in [0.1, 0.15) is 13.8 Å². The van der Waals surface area contributed by atoms with Crippen molar-refractivity contribution < 1.29 is 23.8 Å². The molecule has 1 rings (SSSR count). The van der Waals surface area contributed by atoms with E-state index in [0.29, 0.717) is 5.75 Å². The lowest BCUT2D eigenvalue weighted by molar-refractivity contribution is -0.141. The van der Waals surface area contributed by atoms with Crippen LogP contribution in [0.4, 0.5) is 4.39 Å². The number of hydrogen-bond acceptors (Lipinski definition) is 3. The molecular formula is C12H14FNO4. The summed E-state index contributed by atoms with van der Waals surface area (Å²) in [6.07, 6.45) is 0. The summed E-state index contributed by atoms with van der Waals surface area (Å²) in [5.74, 6) is -1.78. The molecule has 18 heavy (non-hydrogen) atoms. The van der Waals surface area contributed by atoms with E-state index in [1.54, 1.807) is 0 Å². The minimum absolute atomic E-state index is 0.326. The molecule has 0 heterocycles. The van der Waals surface area contributed by atoms with Gasteiger partial charge in [-0.2, -0.15) is 0 Å². The van der Waals surface area contributed by atoms with Crippen LogP contribution in [-0.2, 0) is 9.59 Å². The minimum atomic E-state index is -1.24. The van der Waals surface area contributed by atoms with E-state index in [0.717, 1.165) is 0 Å². The molecule has 6 heteroatoms. The number of carboxylic acid groups (broad SMARTS) is 1. The smallest absolute Gasteiger partial charge is 0.322 e. The maximum Gasteiger partial charge on any atom is 0.322 e. The molecule has 5 nitrogen and oxygen atoms in total. The van der Waals surface area contributed by atoms with Gasteiger partial charge in [-0.3, -0.25) is 9.59 Å². The summed E-state index contributed by atoms with van der Waals surface area (Å²) in [5.41, 5.74) is -1.24. The molecule has 0 aliphatic rings. The van der Waals surface area contributed by atoms with Crippen LogP contribution in [0.3, 0.4) is 0 Å². The summed E-state index contributed by atoms with van der Waals surface area (Å²) in [5, 5.41) is 10.7. The molecule has 2 N–H and O–H groups in total. The summed E-state index contributed by atoms with van der Waals surface area (Å²) < 4.78 is 18.1. The fourth-order valence-corrected chi connectivity index (χ4v) is 1.21. The Morgan fingerprint density at radius 2 is 1.89 bits per heavy atom. The largest absolute Gasteiger partial charge is 0.480 e. The van der Waals surface area contributed by atoms with Gasteiger partial charge in [-0.05, 0) is 38.1 Å². The third-order valence-corrected chi connectivity index (χ3v) is 2.13. The van der Waals surface area contributed by atoms with E-state index in [-0.39, 0.29) is 0 Å². The highest BCUT2D eigenvalue weighted by Crippen LogP contribution is 2.18. The zero-order valence-electron chi connectivity index (χ0n) is 10.1. The number of carbonyl (C=O) groups excluding carboxylic acids is 1. The van der Waals surface area contributed by atoms with Crippen molar-refractivity contribution in [2.75, 3.05) is 6.54 Å². The number of amides is 1. The highest BCUT2D eigenvalue weighted by molar-refractivity contribution is 5.87. The zero-order valence-corrected chi connectivity index (χ0v) is 10.1.